The lowest BCUT2D eigenvalue weighted by molar-refractivity contribution is 0.0987. The van der Waals surface area contributed by atoms with Gasteiger partial charge in [0.05, 0.1) is 12.2 Å². The van der Waals surface area contributed by atoms with Gasteiger partial charge in [-0.3, -0.25) is 14.1 Å². The number of nitrogens with zero attached hydrogens (tertiary/aromatic N) is 4. The predicted molar refractivity (Wildman–Crippen MR) is 124 cm³/mol. The monoisotopic (exact) mass is 424 g/mol. The standard InChI is InChI=1S/C25H20N4OS/c1-18-23(31-25-27-21(17-28(18)25)20-12-6-3-7-13-20)24(30)29(22-14-8-9-15-26-22)16-19-10-4-2-5-11-19/h2-15,17H,16H2,1H3. The summed E-state index contributed by atoms with van der Waals surface area (Å²) in [5.74, 6) is 0.559. The molecule has 0 saturated carbocycles. The summed E-state index contributed by atoms with van der Waals surface area (Å²) in [6, 6.07) is 25.6. The van der Waals surface area contributed by atoms with Crippen LogP contribution >= 0.6 is 11.3 Å². The van der Waals surface area contributed by atoms with E-state index in [0.717, 1.165) is 27.5 Å². The quantitative estimate of drug-likeness (QED) is 0.368. The summed E-state index contributed by atoms with van der Waals surface area (Å²) in [6.07, 6.45) is 3.70. The Bertz CT molecular complexity index is 1330. The first-order valence-electron chi connectivity index (χ1n) is 10.0. The second kappa shape index (κ2) is 8.16. The summed E-state index contributed by atoms with van der Waals surface area (Å²) in [5.41, 5.74) is 3.89. The van der Waals surface area contributed by atoms with E-state index in [1.54, 1.807) is 11.1 Å². The zero-order valence-electron chi connectivity index (χ0n) is 17.0. The smallest absolute Gasteiger partial charge is 0.271 e. The Kier molecular flexibility index (Phi) is 5.06. The molecule has 152 valence electrons. The van der Waals surface area contributed by atoms with Crippen molar-refractivity contribution in [1.29, 1.82) is 0 Å². The van der Waals surface area contributed by atoms with E-state index in [0.29, 0.717) is 17.2 Å². The van der Waals surface area contributed by atoms with Gasteiger partial charge in [0, 0.05) is 23.7 Å². The van der Waals surface area contributed by atoms with Crippen LogP contribution in [0.25, 0.3) is 16.2 Å². The SMILES string of the molecule is Cc1c(C(=O)N(Cc2ccccc2)c2ccccn2)sc2nc(-c3ccccc3)cn12. The molecule has 0 aliphatic rings. The molecule has 0 fully saturated rings. The fourth-order valence-electron chi connectivity index (χ4n) is 3.56. The summed E-state index contributed by atoms with van der Waals surface area (Å²) >= 11 is 1.41. The van der Waals surface area contributed by atoms with Crippen molar-refractivity contribution < 1.29 is 4.79 Å². The predicted octanol–water partition coefficient (Wildman–Crippen LogP) is 5.61. The van der Waals surface area contributed by atoms with E-state index < -0.39 is 0 Å². The number of pyridine rings is 1. The highest BCUT2D eigenvalue weighted by molar-refractivity contribution is 7.19. The highest BCUT2D eigenvalue weighted by atomic mass is 32.1. The number of rotatable bonds is 5. The molecule has 0 bridgehead atoms. The van der Waals surface area contributed by atoms with Gasteiger partial charge in [0.25, 0.3) is 5.91 Å². The Morgan fingerprint density at radius 1 is 0.968 bits per heavy atom. The van der Waals surface area contributed by atoms with Crippen molar-refractivity contribution in [3.8, 4) is 11.3 Å². The molecule has 31 heavy (non-hydrogen) atoms. The molecule has 0 radical (unpaired) electrons. The molecule has 3 heterocycles. The van der Waals surface area contributed by atoms with E-state index in [2.05, 4.69) is 4.98 Å². The van der Waals surface area contributed by atoms with Crippen molar-refractivity contribution in [2.24, 2.45) is 0 Å². The number of aromatic nitrogens is 3. The summed E-state index contributed by atoms with van der Waals surface area (Å²) in [6.45, 7) is 2.41. The van der Waals surface area contributed by atoms with Crippen molar-refractivity contribution in [2.75, 3.05) is 4.90 Å². The number of amides is 1. The van der Waals surface area contributed by atoms with E-state index in [-0.39, 0.29) is 5.91 Å². The molecular weight excluding hydrogens is 404 g/mol. The molecule has 6 heteroatoms. The number of carbonyl (C=O) groups is 1. The number of carbonyl (C=O) groups excluding carboxylic acids is 1. The zero-order valence-corrected chi connectivity index (χ0v) is 17.8. The summed E-state index contributed by atoms with van der Waals surface area (Å²) < 4.78 is 2.00. The molecule has 0 aliphatic heterocycles. The van der Waals surface area contributed by atoms with Gasteiger partial charge in [-0.1, -0.05) is 78.1 Å². The summed E-state index contributed by atoms with van der Waals surface area (Å²) in [5, 5.41) is 0. The Balaban J connectivity index is 1.53. The third-order valence-corrected chi connectivity index (χ3v) is 6.32. The number of benzene rings is 2. The molecule has 0 atom stereocenters. The molecule has 5 aromatic rings. The van der Waals surface area contributed by atoms with Gasteiger partial charge in [0.15, 0.2) is 4.96 Å². The van der Waals surface area contributed by atoms with Crippen LogP contribution in [0, 0.1) is 6.92 Å². The Morgan fingerprint density at radius 3 is 2.35 bits per heavy atom. The number of hydrogen-bond acceptors (Lipinski definition) is 4. The molecule has 0 unspecified atom stereocenters. The fourth-order valence-corrected chi connectivity index (χ4v) is 4.61. The van der Waals surface area contributed by atoms with E-state index in [4.69, 9.17) is 4.98 Å². The van der Waals surface area contributed by atoms with Crippen LogP contribution in [0.1, 0.15) is 20.9 Å². The molecular formula is C25H20N4OS. The lowest BCUT2D eigenvalue weighted by atomic mass is 10.2. The van der Waals surface area contributed by atoms with Crippen molar-refractivity contribution in [3.05, 3.63) is 107 Å². The molecule has 3 aromatic heterocycles. The number of hydrogen-bond donors (Lipinski definition) is 0. The molecule has 0 spiro atoms. The zero-order chi connectivity index (χ0) is 21.2. The number of aryl methyl sites for hydroxylation is 1. The molecule has 0 saturated heterocycles. The van der Waals surface area contributed by atoms with E-state index in [1.807, 2.05) is 96.4 Å². The summed E-state index contributed by atoms with van der Waals surface area (Å²) in [7, 11) is 0. The Labute approximate surface area is 184 Å². The van der Waals surface area contributed by atoms with Crippen molar-refractivity contribution in [1.82, 2.24) is 14.4 Å². The van der Waals surface area contributed by atoms with Crippen LogP contribution in [0.15, 0.2) is 91.3 Å². The van der Waals surface area contributed by atoms with Gasteiger partial charge in [-0.2, -0.15) is 0 Å². The maximum absolute atomic E-state index is 13.6. The topological polar surface area (TPSA) is 50.5 Å². The van der Waals surface area contributed by atoms with Gasteiger partial charge >= 0.3 is 0 Å². The highest BCUT2D eigenvalue weighted by Crippen LogP contribution is 2.29. The van der Waals surface area contributed by atoms with E-state index >= 15 is 0 Å². The Morgan fingerprint density at radius 2 is 1.68 bits per heavy atom. The minimum atomic E-state index is -0.0724. The summed E-state index contributed by atoms with van der Waals surface area (Å²) in [4.78, 5) is 26.0. The average Bonchev–Trinajstić information content (AvgIpc) is 3.38. The lowest BCUT2D eigenvalue weighted by Crippen LogP contribution is -2.31. The third kappa shape index (κ3) is 3.73. The van der Waals surface area contributed by atoms with Gasteiger partial charge in [0.1, 0.15) is 10.7 Å². The number of imidazole rings is 1. The normalized spacial score (nSPS) is 11.0. The van der Waals surface area contributed by atoms with Crippen LogP contribution in [-0.2, 0) is 6.54 Å². The minimum absolute atomic E-state index is 0.0724. The molecule has 5 nitrogen and oxygen atoms in total. The van der Waals surface area contributed by atoms with Crippen LogP contribution < -0.4 is 4.90 Å². The van der Waals surface area contributed by atoms with E-state index in [1.165, 1.54) is 11.3 Å². The fraction of sp³-hybridized carbons (Fsp3) is 0.0800. The minimum Gasteiger partial charge on any atom is -0.293 e. The van der Waals surface area contributed by atoms with Gasteiger partial charge in [-0.05, 0) is 24.6 Å². The average molecular weight is 425 g/mol. The van der Waals surface area contributed by atoms with Crippen LogP contribution in [0.2, 0.25) is 0 Å². The maximum atomic E-state index is 13.6. The first-order valence-corrected chi connectivity index (χ1v) is 10.8. The van der Waals surface area contributed by atoms with Gasteiger partial charge < -0.3 is 0 Å². The molecule has 1 amide bonds. The Hall–Kier alpha value is -3.77. The van der Waals surface area contributed by atoms with Crippen LogP contribution in [0.4, 0.5) is 5.82 Å². The number of anilines is 1. The van der Waals surface area contributed by atoms with Gasteiger partial charge in [-0.15, -0.1) is 0 Å². The molecule has 0 aliphatic carbocycles. The van der Waals surface area contributed by atoms with Crippen LogP contribution in [0.3, 0.4) is 0 Å². The lowest BCUT2D eigenvalue weighted by Gasteiger charge is -2.21. The second-order valence-corrected chi connectivity index (χ2v) is 8.20. The van der Waals surface area contributed by atoms with Crippen molar-refractivity contribution >= 4 is 28.0 Å². The van der Waals surface area contributed by atoms with E-state index in [9.17, 15) is 4.79 Å². The van der Waals surface area contributed by atoms with Crippen LogP contribution in [-0.4, -0.2) is 20.3 Å². The second-order valence-electron chi connectivity index (χ2n) is 7.23. The third-order valence-electron chi connectivity index (χ3n) is 5.18. The first-order chi connectivity index (χ1) is 15.2. The molecule has 5 rings (SSSR count). The number of fused-ring (bicyclic) bond motifs is 1. The molecule has 2 aromatic carbocycles. The van der Waals surface area contributed by atoms with Gasteiger partial charge in [0.2, 0.25) is 0 Å². The highest BCUT2D eigenvalue weighted by Gasteiger charge is 2.25. The first kappa shape index (κ1) is 19.2. The largest absolute Gasteiger partial charge is 0.293 e. The number of thiazole rings is 1. The van der Waals surface area contributed by atoms with Crippen molar-refractivity contribution in [3.63, 3.8) is 0 Å². The van der Waals surface area contributed by atoms with Gasteiger partial charge in [-0.25, -0.2) is 9.97 Å². The molecule has 0 N–H and O–H groups in total. The van der Waals surface area contributed by atoms with Crippen molar-refractivity contribution in [2.45, 2.75) is 13.5 Å². The maximum Gasteiger partial charge on any atom is 0.271 e. The van der Waals surface area contributed by atoms with Crippen LogP contribution in [0.5, 0.6) is 0 Å².